The lowest BCUT2D eigenvalue weighted by Crippen LogP contribution is -2.23. The Bertz CT molecular complexity index is 729. The Labute approximate surface area is 155 Å². The summed E-state index contributed by atoms with van der Waals surface area (Å²) in [5.41, 5.74) is 1.82. The fourth-order valence-corrected chi connectivity index (χ4v) is 2.42. The number of amides is 1. The molecule has 0 spiro atoms. The smallest absolute Gasteiger partial charge is 0.274 e. The van der Waals surface area contributed by atoms with Gasteiger partial charge in [-0.3, -0.25) is 4.79 Å². The van der Waals surface area contributed by atoms with Gasteiger partial charge in [0.1, 0.15) is 11.4 Å². The molecule has 0 atom stereocenters. The number of hydrogen-bond donors (Lipinski definition) is 1. The van der Waals surface area contributed by atoms with Crippen molar-refractivity contribution < 1.29 is 9.53 Å². The zero-order valence-corrected chi connectivity index (χ0v) is 16.2. The van der Waals surface area contributed by atoms with Crippen LogP contribution in [0.25, 0.3) is 0 Å². The Kier molecular flexibility index (Phi) is 6.95. The maximum Gasteiger partial charge on any atom is 0.274 e. The number of aromatic nitrogens is 2. The third kappa shape index (κ3) is 5.72. The summed E-state index contributed by atoms with van der Waals surface area (Å²) < 4.78 is 5.61. The summed E-state index contributed by atoms with van der Waals surface area (Å²) in [4.78, 5) is 23.4. The second kappa shape index (κ2) is 9.17. The van der Waals surface area contributed by atoms with E-state index in [1.54, 1.807) is 6.07 Å². The van der Waals surface area contributed by atoms with Crippen LogP contribution in [0, 0.1) is 6.92 Å². The molecule has 2 aromatic rings. The first-order chi connectivity index (χ1) is 12.4. The lowest BCUT2D eigenvalue weighted by molar-refractivity contribution is 0.102. The maximum atomic E-state index is 12.6. The van der Waals surface area contributed by atoms with E-state index < -0.39 is 0 Å². The molecule has 1 heterocycles. The highest BCUT2D eigenvalue weighted by Crippen LogP contribution is 2.18. The molecule has 0 aliphatic carbocycles. The molecule has 26 heavy (non-hydrogen) atoms. The second-order valence-electron chi connectivity index (χ2n) is 6.61. The Morgan fingerprint density at radius 3 is 2.54 bits per heavy atom. The molecule has 2 rings (SSSR count). The van der Waals surface area contributed by atoms with Crippen molar-refractivity contribution in [1.82, 2.24) is 9.97 Å². The maximum absolute atomic E-state index is 12.6. The summed E-state index contributed by atoms with van der Waals surface area (Å²) in [6, 6.07) is 9.01. The summed E-state index contributed by atoms with van der Waals surface area (Å²) in [6.07, 6.45) is 2.27. The molecule has 0 aliphatic heterocycles. The highest BCUT2D eigenvalue weighted by atomic mass is 16.5. The van der Waals surface area contributed by atoms with Gasteiger partial charge in [-0.15, -0.1) is 0 Å². The Morgan fingerprint density at radius 2 is 1.92 bits per heavy atom. The van der Waals surface area contributed by atoms with Crippen LogP contribution in [-0.2, 0) is 0 Å². The van der Waals surface area contributed by atoms with Crippen LogP contribution in [-0.4, -0.2) is 35.6 Å². The molecule has 0 bridgehead atoms. The minimum absolute atomic E-state index is 0.113. The van der Waals surface area contributed by atoms with Gasteiger partial charge in [0, 0.05) is 25.0 Å². The van der Waals surface area contributed by atoms with Gasteiger partial charge in [0.15, 0.2) is 0 Å². The van der Waals surface area contributed by atoms with Crippen molar-refractivity contribution in [2.45, 2.75) is 46.6 Å². The van der Waals surface area contributed by atoms with Crippen LogP contribution in [0.1, 0.15) is 49.8 Å². The van der Waals surface area contributed by atoms with Crippen LogP contribution in [0.3, 0.4) is 0 Å². The predicted molar refractivity (Wildman–Crippen MR) is 105 cm³/mol. The van der Waals surface area contributed by atoms with Crippen molar-refractivity contribution in [3.8, 4) is 5.75 Å². The number of rotatable bonds is 8. The first-order valence-corrected chi connectivity index (χ1v) is 9.04. The molecule has 0 saturated carbocycles. The predicted octanol–water partition coefficient (Wildman–Crippen LogP) is 4.06. The number of nitrogens with one attached hydrogen (secondary N) is 1. The van der Waals surface area contributed by atoms with Gasteiger partial charge in [-0.25, -0.2) is 9.97 Å². The molecule has 1 amide bonds. The number of hydrogen-bond acceptors (Lipinski definition) is 5. The van der Waals surface area contributed by atoms with Crippen molar-refractivity contribution >= 4 is 17.5 Å². The van der Waals surface area contributed by atoms with Crippen molar-refractivity contribution in [1.29, 1.82) is 0 Å². The monoisotopic (exact) mass is 356 g/mol. The second-order valence-corrected chi connectivity index (χ2v) is 6.61. The molecule has 0 fully saturated rings. The van der Waals surface area contributed by atoms with E-state index in [4.69, 9.17) is 4.74 Å². The van der Waals surface area contributed by atoms with Crippen LogP contribution in [0.4, 0.5) is 11.6 Å². The van der Waals surface area contributed by atoms with E-state index in [0.29, 0.717) is 17.3 Å². The topological polar surface area (TPSA) is 67.4 Å². The average molecular weight is 356 g/mol. The van der Waals surface area contributed by atoms with Gasteiger partial charge < -0.3 is 15.0 Å². The van der Waals surface area contributed by atoms with E-state index in [2.05, 4.69) is 22.2 Å². The fraction of sp³-hybridized carbons (Fsp3) is 0.450. The lowest BCUT2D eigenvalue weighted by atomic mass is 10.2. The summed E-state index contributed by atoms with van der Waals surface area (Å²) in [5.74, 6) is 1.10. The molecule has 1 N–H and O–H groups in total. The van der Waals surface area contributed by atoms with Crippen molar-refractivity contribution in [3.63, 3.8) is 0 Å². The number of carbonyl (C=O) groups excluding carboxylic acids is 1. The minimum atomic E-state index is -0.252. The summed E-state index contributed by atoms with van der Waals surface area (Å²) in [7, 11) is 1.94. The third-order valence-corrected chi connectivity index (χ3v) is 3.75. The van der Waals surface area contributed by atoms with Gasteiger partial charge in [0.2, 0.25) is 5.95 Å². The van der Waals surface area contributed by atoms with Crippen LogP contribution in [0.5, 0.6) is 5.75 Å². The zero-order chi connectivity index (χ0) is 19.1. The number of ether oxygens (including phenoxy) is 1. The van der Waals surface area contributed by atoms with E-state index in [9.17, 15) is 4.79 Å². The van der Waals surface area contributed by atoms with Gasteiger partial charge in [0.25, 0.3) is 5.91 Å². The Balaban J connectivity index is 2.10. The Morgan fingerprint density at radius 1 is 1.23 bits per heavy atom. The van der Waals surface area contributed by atoms with Crippen LogP contribution < -0.4 is 15.0 Å². The summed E-state index contributed by atoms with van der Waals surface area (Å²) in [6.45, 7) is 8.82. The zero-order valence-electron chi connectivity index (χ0n) is 16.2. The van der Waals surface area contributed by atoms with Gasteiger partial charge in [-0.1, -0.05) is 13.3 Å². The number of anilines is 2. The first kappa shape index (κ1) is 19.7. The van der Waals surface area contributed by atoms with Gasteiger partial charge in [0.05, 0.1) is 6.10 Å². The standard InChI is InChI=1S/C20H28N4O2/c1-6-7-12-24(5)20-21-15(4)13-18(23-20)19(25)22-16-8-10-17(11-9-16)26-14(2)3/h8-11,13-14H,6-7,12H2,1-5H3,(H,22,25). The van der Waals surface area contributed by atoms with Crippen molar-refractivity contribution in [2.75, 3.05) is 23.8 Å². The van der Waals surface area contributed by atoms with Gasteiger partial charge in [-0.2, -0.15) is 0 Å². The van der Waals surface area contributed by atoms with E-state index in [0.717, 1.165) is 30.8 Å². The Hall–Kier alpha value is -2.63. The van der Waals surface area contributed by atoms with Crippen molar-refractivity contribution in [2.24, 2.45) is 0 Å². The van der Waals surface area contributed by atoms with Gasteiger partial charge in [-0.05, 0) is 57.5 Å². The molecule has 0 aliphatic rings. The molecule has 1 aromatic carbocycles. The SMILES string of the molecule is CCCCN(C)c1nc(C)cc(C(=O)Nc2ccc(OC(C)C)cc2)n1. The number of nitrogens with zero attached hydrogens (tertiary/aromatic N) is 3. The van der Waals surface area contributed by atoms with Crippen LogP contribution in [0.2, 0.25) is 0 Å². The van der Waals surface area contributed by atoms with E-state index in [-0.39, 0.29) is 12.0 Å². The molecule has 1 aromatic heterocycles. The number of unbranched alkanes of at least 4 members (excludes halogenated alkanes) is 1. The van der Waals surface area contributed by atoms with Crippen LogP contribution in [0.15, 0.2) is 30.3 Å². The van der Waals surface area contributed by atoms with E-state index in [1.807, 2.05) is 57.0 Å². The average Bonchev–Trinajstić information content (AvgIpc) is 2.60. The summed E-state index contributed by atoms with van der Waals surface area (Å²) >= 11 is 0. The van der Waals surface area contributed by atoms with E-state index in [1.165, 1.54) is 0 Å². The number of carbonyl (C=O) groups is 1. The lowest BCUT2D eigenvalue weighted by Gasteiger charge is -2.17. The van der Waals surface area contributed by atoms with Gasteiger partial charge >= 0.3 is 0 Å². The summed E-state index contributed by atoms with van der Waals surface area (Å²) in [5, 5.41) is 2.87. The molecule has 6 nitrogen and oxygen atoms in total. The molecule has 6 heteroatoms. The highest BCUT2D eigenvalue weighted by Gasteiger charge is 2.13. The molecular weight excluding hydrogens is 328 g/mol. The third-order valence-electron chi connectivity index (χ3n) is 3.75. The minimum Gasteiger partial charge on any atom is -0.491 e. The highest BCUT2D eigenvalue weighted by molar-refractivity contribution is 6.03. The first-order valence-electron chi connectivity index (χ1n) is 9.04. The molecule has 0 radical (unpaired) electrons. The largest absolute Gasteiger partial charge is 0.491 e. The number of benzene rings is 1. The number of aryl methyl sites for hydroxylation is 1. The normalized spacial score (nSPS) is 10.7. The molecule has 0 unspecified atom stereocenters. The quantitative estimate of drug-likeness (QED) is 0.772. The molecule has 0 saturated heterocycles. The van der Waals surface area contributed by atoms with Crippen LogP contribution >= 0.6 is 0 Å². The molecular formula is C20H28N4O2. The van der Waals surface area contributed by atoms with E-state index >= 15 is 0 Å². The van der Waals surface area contributed by atoms with Crippen molar-refractivity contribution in [3.05, 3.63) is 41.7 Å². The fourth-order valence-electron chi connectivity index (χ4n) is 2.42. The molecule has 140 valence electrons.